The predicted octanol–water partition coefficient (Wildman–Crippen LogP) is 2.74. The summed E-state index contributed by atoms with van der Waals surface area (Å²) in [5, 5.41) is 19.1. The number of likely N-dealkylation sites (tertiary alicyclic amines) is 1. The number of aryl methyl sites for hydroxylation is 2. The molecule has 0 aliphatic carbocycles. The second-order valence-corrected chi connectivity index (χ2v) is 5.38. The Balaban J connectivity index is 0.00000106. The highest BCUT2D eigenvalue weighted by molar-refractivity contribution is 5.74. The highest BCUT2D eigenvalue weighted by atomic mass is 16.4. The minimum atomic E-state index is -0.934. The Morgan fingerprint density at radius 2 is 1.95 bits per heavy atom. The number of aliphatic hydroxyl groups is 1. The molecule has 0 aromatic heterocycles. The summed E-state index contributed by atoms with van der Waals surface area (Å²) in [6.45, 7) is 9.42. The number of carboxylic acids is 1. The molecule has 0 saturated carbocycles. The van der Waals surface area contributed by atoms with Crippen LogP contribution in [0.25, 0.3) is 0 Å². The van der Waals surface area contributed by atoms with Crippen molar-refractivity contribution in [3.8, 4) is 0 Å². The number of aliphatic hydroxyl groups excluding tert-OH is 1. The van der Waals surface area contributed by atoms with E-state index in [1.54, 1.807) is 0 Å². The number of rotatable bonds is 3. The normalized spacial score (nSPS) is 22.3. The van der Waals surface area contributed by atoms with Crippen LogP contribution in [0, 0.1) is 13.8 Å². The van der Waals surface area contributed by atoms with E-state index < -0.39 is 18.1 Å². The molecule has 1 aliphatic rings. The summed E-state index contributed by atoms with van der Waals surface area (Å²) in [6.07, 6.45) is 0.647. The lowest BCUT2D eigenvalue weighted by Crippen LogP contribution is -2.52. The van der Waals surface area contributed by atoms with Crippen LogP contribution >= 0.6 is 0 Å². The summed E-state index contributed by atoms with van der Waals surface area (Å²) in [7, 11) is 0. The first kappa shape index (κ1) is 17.7. The second kappa shape index (κ2) is 8.15. The molecule has 0 bridgehead atoms. The van der Waals surface area contributed by atoms with Crippen LogP contribution in [0.5, 0.6) is 0 Å². The highest BCUT2D eigenvalue weighted by Gasteiger charge is 2.35. The van der Waals surface area contributed by atoms with Crippen molar-refractivity contribution in [1.29, 1.82) is 0 Å². The quantitative estimate of drug-likeness (QED) is 0.899. The van der Waals surface area contributed by atoms with Gasteiger partial charge in [-0.2, -0.15) is 0 Å². The predicted molar refractivity (Wildman–Crippen MR) is 84.3 cm³/mol. The molecule has 1 heterocycles. The third-order valence-electron chi connectivity index (χ3n) is 3.91. The molecule has 118 valence electrons. The van der Waals surface area contributed by atoms with E-state index in [1.165, 1.54) is 11.1 Å². The Labute approximate surface area is 127 Å². The Morgan fingerprint density at radius 3 is 2.52 bits per heavy atom. The second-order valence-electron chi connectivity index (χ2n) is 5.38. The molecule has 1 aromatic rings. The molecule has 0 amide bonds. The van der Waals surface area contributed by atoms with Crippen LogP contribution in [0.2, 0.25) is 0 Å². The van der Waals surface area contributed by atoms with Crippen molar-refractivity contribution >= 4 is 5.97 Å². The molecule has 0 spiro atoms. The van der Waals surface area contributed by atoms with Crippen molar-refractivity contribution < 1.29 is 15.0 Å². The average Bonchev–Trinajstić information content (AvgIpc) is 2.45. The van der Waals surface area contributed by atoms with Gasteiger partial charge in [0, 0.05) is 6.54 Å². The van der Waals surface area contributed by atoms with Gasteiger partial charge in [-0.3, -0.25) is 9.69 Å². The lowest BCUT2D eigenvalue weighted by Gasteiger charge is -2.36. The van der Waals surface area contributed by atoms with Crippen molar-refractivity contribution in [2.45, 2.75) is 59.2 Å². The Kier molecular flexibility index (Phi) is 6.85. The zero-order valence-corrected chi connectivity index (χ0v) is 13.5. The van der Waals surface area contributed by atoms with Gasteiger partial charge in [-0.15, -0.1) is 0 Å². The van der Waals surface area contributed by atoms with Crippen molar-refractivity contribution in [1.82, 2.24) is 4.90 Å². The van der Waals surface area contributed by atoms with Gasteiger partial charge in [0.25, 0.3) is 0 Å². The third kappa shape index (κ3) is 4.55. The monoisotopic (exact) mass is 293 g/mol. The SMILES string of the molecule is CC.Cc1ccc(CN2CCCC(O)C2C(=O)O)cc1C. The maximum atomic E-state index is 11.3. The Hall–Kier alpha value is -1.39. The standard InChI is InChI=1S/C15H21NO3.C2H6/c1-10-5-6-12(8-11(10)2)9-16-7-3-4-13(17)14(16)15(18)19;1-2/h5-6,8,13-14,17H,3-4,7,9H2,1-2H3,(H,18,19);1-2H3. The molecule has 1 fully saturated rings. The molecule has 2 unspecified atom stereocenters. The van der Waals surface area contributed by atoms with E-state index in [9.17, 15) is 15.0 Å². The van der Waals surface area contributed by atoms with Crippen molar-refractivity contribution in [2.75, 3.05) is 6.54 Å². The fourth-order valence-corrected chi connectivity index (χ4v) is 2.68. The topological polar surface area (TPSA) is 60.8 Å². The smallest absolute Gasteiger partial charge is 0.323 e. The summed E-state index contributed by atoms with van der Waals surface area (Å²) in [5.74, 6) is -0.934. The molecule has 2 atom stereocenters. The molecule has 4 heteroatoms. The molecular formula is C17H27NO3. The third-order valence-corrected chi connectivity index (χ3v) is 3.91. The molecule has 1 saturated heterocycles. The van der Waals surface area contributed by atoms with Gasteiger partial charge in [-0.1, -0.05) is 32.0 Å². The summed E-state index contributed by atoms with van der Waals surface area (Å²) >= 11 is 0. The van der Waals surface area contributed by atoms with Crippen LogP contribution in [-0.4, -0.2) is 39.8 Å². The number of aliphatic carboxylic acids is 1. The van der Waals surface area contributed by atoms with Crippen LogP contribution in [0.3, 0.4) is 0 Å². The first-order valence-corrected chi connectivity index (χ1v) is 7.70. The minimum Gasteiger partial charge on any atom is -0.480 e. The first-order chi connectivity index (χ1) is 9.99. The largest absolute Gasteiger partial charge is 0.480 e. The molecular weight excluding hydrogens is 266 g/mol. The molecule has 1 aromatic carbocycles. The molecule has 2 rings (SSSR count). The maximum Gasteiger partial charge on any atom is 0.323 e. The van der Waals surface area contributed by atoms with E-state index >= 15 is 0 Å². The number of benzene rings is 1. The molecule has 21 heavy (non-hydrogen) atoms. The molecule has 4 nitrogen and oxygen atoms in total. The summed E-state index contributed by atoms with van der Waals surface area (Å²) in [5.41, 5.74) is 3.54. The number of carbonyl (C=O) groups is 1. The fourth-order valence-electron chi connectivity index (χ4n) is 2.68. The van der Waals surface area contributed by atoms with E-state index in [0.29, 0.717) is 13.0 Å². The fraction of sp³-hybridized carbons (Fsp3) is 0.588. The summed E-state index contributed by atoms with van der Waals surface area (Å²) < 4.78 is 0. The van der Waals surface area contributed by atoms with Crippen LogP contribution in [-0.2, 0) is 11.3 Å². The van der Waals surface area contributed by atoms with Crippen LogP contribution < -0.4 is 0 Å². The number of carboxylic acid groups (broad SMARTS) is 1. The number of hydrogen-bond donors (Lipinski definition) is 2. The Morgan fingerprint density at radius 1 is 1.29 bits per heavy atom. The maximum absolute atomic E-state index is 11.3. The zero-order chi connectivity index (χ0) is 16.0. The summed E-state index contributed by atoms with van der Waals surface area (Å²) in [6, 6.07) is 5.40. The van der Waals surface area contributed by atoms with E-state index in [-0.39, 0.29) is 0 Å². The van der Waals surface area contributed by atoms with Gasteiger partial charge in [0.2, 0.25) is 0 Å². The van der Waals surface area contributed by atoms with Crippen molar-refractivity contribution in [3.05, 3.63) is 34.9 Å². The number of piperidine rings is 1. The van der Waals surface area contributed by atoms with E-state index in [4.69, 9.17) is 0 Å². The van der Waals surface area contributed by atoms with Crippen molar-refractivity contribution in [2.24, 2.45) is 0 Å². The summed E-state index contributed by atoms with van der Waals surface area (Å²) in [4.78, 5) is 13.1. The van der Waals surface area contributed by atoms with Gasteiger partial charge >= 0.3 is 5.97 Å². The van der Waals surface area contributed by atoms with E-state index in [2.05, 4.69) is 26.0 Å². The van der Waals surface area contributed by atoms with E-state index in [0.717, 1.165) is 18.5 Å². The van der Waals surface area contributed by atoms with Gasteiger partial charge in [0.15, 0.2) is 0 Å². The van der Waals surface area contributed by atoms with Gasteiger partial charge < -0.3 is 10.2 Å². The molecule has 1 aliphatic heterocycles. The van der Waals surface area contributed by atoms with Crippen LogP contribution in [0.4, 0.5) is 0 Å². The number of hydrogen-bond acceptors (Lipinski definition) is 3. The average molecular weight is 293 g/mol. The molecule has 2 N–H and O–H groups in total. The lowest BCUT2D eigenvalue weighted by atomic mass is 9.97. The minimum absolute atomic E-state index is 0.570. The lowest BCUT2D eigenvalue weighted by molar-refractivity contribution is -0.150. The van der Waals surface area contributed by atoms with Gasteiger partial charge in [-0.05, 0) is 49.9 Å². The molecule has 0 radical (unpaired) electrons. The van der Waals surface area contributed by atoms with Crippen LogP contribution in [0.1, 0.15) is 43.4 Å². The van der Waals surface area contributed by atoms with Crippen molar-refractivity contribution in [3.63, 3.8) is 0 Å². The zero-order valence-electron chi connectivity index (χ0n) is 13.5. The first-order valence-electron chi connectivity index (χ1n) is 7.70. The Bertz CT molecular complexity index is 473. The van der Waals surface area contributed by atoms with Gasteiger partial charge in [-0.25, -0.2) is 0 Å². The van der Waals surface area contributed by atoms with E-state index in [1.807, 2.05) is 24.8 Å². The van der Waals surface area contributed by atoms with Gasteiger partial charge in [0.1, 0.15) is 6.04 Å². The highest BCUT2D eigenvalue weighted by Crippen LogP contribution is 2.21. The van der Waals surface area contributed by atoms with Crippen LogP contribution in [0.15, 0.2) is 18.2 Å². The number of nitrogens with zero attached hydrogens (tertiary/aromatic N) is 1. The van der Waals surface area contributed by atoms with Gasteiger partial charge in [0.05, 0.1) is 6.10 Å².